The number of halogens is 2. The molecule has 0 unspecified atom stereocenters. The monoisotopic (exact) mass is 361 g/mol. The van der Waals surface area contributed by atoms with Gasteiger partial charge in [0, 0.05) is 10.9 Å². The zero-order chi connectivity index (χ0) is 16.2. The maximum atomic E-state index is 6.03. The molecule has 0 amide bonds. The fraction of sp³-hybridized carbons (Fsp3) is 0.0588. The van der Waals surface area contributed by atoms with Gasteiger partial charge in [-0.25, -0.2) is 4.98 Å². The zero-order valence-corrected chi connectivity index (χ0v) is 14.6. The molecule has 1 N–H and O–H groups in total. The van der Waals surface area contributed by atoms with Crippen LogP contribution < -0.4 is 5.43 Å². The molecule has 3 rings (SSSR count). The van der Waals surface area contributed by atoms with Gasteiger partial charge in [0.25, 0.3) is 0 Å². The van der Waals surface area contributed by atoms with Crippen molar-refractivity contribution >= 4 is 45.4 Å². The minimum absolute atomic E-state index is 0.513. The smallest absolute Gasteiger partial charge is 0.203 e. The second-order valence-corrected chi connectivity index (χ2v) is 6.51. The Hall–Kier alpha value is -1.88. The van der Waals surface area contributed by atoms with Crippen molar-refractivity contribution in [3.8, 4) is 11.3 Å². The molecule has 116 valence electrons. The molecule has 0 aliphatic carbocycles. The van der Waals surface area contributed by atoms with Gasteiger partial charge in [0.2, 0.25) is 5.13 Å². The van der Waals surface area contributed by atoms with E-state index in [2.05, 4.69) is 15.5 Å². The Balaban J connectivity index is 1.75. The van der Waals surface area contributed by atoms with Gasteiger partial charge in [0.05, 0.1) is 21.5 Å². The lowest BCUT2D eigenvalue weighted by Crippen LogP contribution is -1.99. The molecule has 0 radical (unpaired) electrons. The minimum atomic E-state index is 0.513. The van der Waals surface area contributed by atoms with Gasteiger partial charge in [0.1, 0.15) is 0 Å². The van der Waals surface area contributed by atoms with Crippen molar-refractivity contribution in [3.63, 3.8) is 0 Å². The largest absolute Gasteiger partial charge is 0.252 e. The molecule has 3 nitrogen and oxygen atoms in total. The first-order valence-electron chi connectivity index (χ1n) is 6.90. The fourth-order valence-electron chi connectivity index (χ4n) is 1.98. The summed E-state index contributed by atoms with van der Waals surface area (Å²) in [4.78, 5) is 4.53. The summed E-state index contributed by atoms with van der Waals surface area (Å²) >= 11 is 13.5. The first-order valence-corrected chi connectivity index (χ1v) is 8.54. The molecule has 0 saturated carbocycles. The third-order valence-corrected chi connectivity index (χ3v) is 4.72. The average molecular weight is 362 g/mol. The van der Waals surface area contributed by atoms with Crippen LogP contribution in [0.25, 0.3) is 11.3 Å². The Morgan fingerprint density at radius 3 is 2.61 bits per heavy atom. The van der Waals surface area contributed by atoms with Crippen molar-refractivity contribution in [2.75, 3.05) is 5.43 Å². The molecule has 3 aromatic rings. The Kier molecular flexibility index (Phi) is 4.96. The number of hydrogen-bond acceptors (Lipinski definition) is 4. The van der Waals surface area contributed by atoms with Gasteiger partial charge in [-0.05, 0) is 24.6 Å². The number of aromatic nitrogens is 1. The van der Waals surface area contributed by atoms with Crippen LogP contribution in [0.1, 0.15) is 12.5 Å². The van der Waals surface area contributed by atoms with Crippen molar-refractivity contribution in [1.82, 2.24) is 4.98 Å². The summed E-state index contributed by atoms with van der Waals surface area (Å²) in [5.74, 6) is 0. The number of anilines is 1. The molecule has 0 spiro atoms. The summed E-state index contributed by atoms with van der Waals surface area (Å²) in [5, 5.41) is 8.14. The van der Waals surface area contributed by atoms with Gasteiger partial charge in [-0.1, -0.05) is 59.6 Å². The van der Waals surface area contributed by atoms with Crippen molar-refractivity contribution in [2.24, 2.45) is 5.10 Å². The normalized spacial score (nSPS) is 11.5. The molecule has 0 aliphatic rings. The van der Waals surface area contributed by atoms with Gasteiger partial charge in [0.15, 0.2) is 0 Å². The third-order valence-electron chi connectivity index (χ3n) is 3.23. The summed E-state index contributed by atoms with van der Waals surface area (Å²) in [6.07, 6.45) is 0. The Morgan fingerprint density at radius 1 is 1.09 bits per heavy atom. The third kappa shape index (κ3) is 3.91. The second kappa shape index (κ2) is 7.13. The van der Waals surface area contributed by atoms with Gasteiger partial charge < -0.3 is 0 Å². The molecule has 0 aliphatic heterocycles. The Labute approximate surface area is 148 Å². The van der Waals surface area contributed by atoms with Gasteiger partial charge >= 0.3 is 0 Å². The number of hydrogen-bond donors (Lipinski definition) is 1. The van der Waals surface area contributed by atoms with Crippen LogP contribution in [0, 0.1) is 0 Å². The maximum absolute atomic E-state index is 6.03. The number of nitrogens with zero attached hydrogens (tertiary/aromatic N) is 2. The highest BCUT2D eigenvalue weighted by Crippen LogP contribution is 2.25. The number of rotatable bonds is 4. The number of thiazole rings is 1. The first-order chi connectivity index (χ1) is 11.1. The van der Waals surface area contributed by atoms with E-state index in [1.54, 1.807) is 12.1 Å². The molecule has 6 heteroatoms. The standard InChI is InChI=1S/C17H13Cl2N3S/c1-11(13-7-8-14(18)15(19)9-13)21-22-17-20-16(10-23-17)12-5-3-2-4-6-12/h2-10H,1H3,(H,20,22)/b21-11-. The molecule has 0 bridgehead atoms. The van der Waals surface area contributed by atoms with E-state index in [1.165, 1.54) is 11.3 Å². The second-order valence-electron chi connectivity index (χ2n) is 4.84. The summed E-state index contributed by atoms with van der Waals surface area (Å²) in [7, 11) is 0. The SMILES string of the molecule is C/C(=N/Nc1nc(-c2ccccc2)cs1)c1ccc(Cl)c(Cl)c1. The lowest BCUT2D eigenvalue weighted by Gasteiger charge is -2.03. The number of nitrogens with one attached hydrogen (secondary N) is 1. The van der Waals surface area contributed by atoms with E-state index < -0.39 is 0 Å². The van der Waals surface area contributed by atoms with E-state index >= 15 is 0 Å². The van der Waals surface area contributed by atoms with Crippen LogP contribution >= 0.6 is 34.5 Å². The fourth-order valence-corrected chi connectivity index (χ4v) is 2.94. The van der Waals surface area contributed by atoms with Gasteiger partial charge in [-0.3, -0.25) is 5.43 Å². The predicted molar refractivity (Wildman–Crippen MR) is 99.8 cm³/mol. The zero-order valence-electron chi connectivity index (χ0n) is 12.3. The van der Waals surface area contributed by atoms with Gasteiger partial charge in [-0.2, -0.15) is 5.10 Å². The average Bonchev–Trinajstić information content (AvgIpc) is 3.05. The summed E-state index contributed by atoms with van der Waals surface area (Å²) in [6.45, 7) is 1.90. The molecular formula is C17H13Cl2N3S. The maximum Gasteiger partial charge on any atom is 0.203 e. The number of benzene rings is 2. The first kappa shape index (κ1) is 16.0. The van der Waals surface area contributed by atoms with Crippen molar-refractivity contribution in [3.05, 3.63) is 69.5 Å². The van der Waals surface area contributed by atoms with Crippen LogP contribution in [-0.2, 0) is 0 Å². The minimum Gasteiger partial charge on any atom is -0.252 e. The van der Waals surface area contributed by atoms with E-state index in [-0.39, 0.29) is 0 Å². The van der Waals surface area contributed by atoms with E-state index in [9.17, 15) is 0 Å². The molecule has 23 heavy (non-hydrogen) atoms. The molecule has 1 heterocycles. The van der Waals surface area contributed by atoms with Crippen molar-refractivity contribution < 1.29 is 0 Å². The highest BCUT2D eigenvalue weighted by molar-refractivity contribution is 7.14. The molecule has 0 saturated heterocycles. The Morgan fingerprint density at radius 2 is 1.87 bits per heavy atom. The highest BCUT2D eigenvalue weighted by Gasteiger charge is 2.05. The van der Waals surface area contributed by atoms with Crippen LogP contribution in [0.5, 0.6) is 0 Å². The quantitative estimate of drug-likeness (QED) is 0.460. The van der Waals surface area contributed by atoms with Crippen molar-refractivity contribution in [1.29, 1.82) is 0 Å². The predicted octanol–water partition coefficient (Wildman–Crippen LogP) is 5.95. The lowest BCUT2D eigenvalue weighted by molar-refractivity contribution is 1.27. The molecule has 1 aromatic heterocycles. The van der Waals surface area contributed by atoms with E-state index in [0.717, 1.165) is 27.7 Å². The lowest BCUT2D eigenvalue weighted by atomic mass is 10.1. The van der Waals surface area contributed by atoms with E-state index in [0.29, 0.717) is 10.0 Å². The highest BCUT2D eigenvalue weighted by atomic mass is 35.5. The summed E-state index contributed by atoms with van der Waals surface area (Å²) in [5.41, 5.74) is 6.72. The summed E-state index contributed by atoms with van der Waals surface area (Å²) in [6, 6.07) is 15.5. The van der Waals surface area contributed by atoms with Crippen LogP contribution in [0.15, 0.2) is 59.0 Å². The van der Waals surface area contributed by atoms with Crippen LogP contribution in [0.2, 0.25) is 10.0 Å². The Bertz CT molecular complexity index is 844. The number of hydrazone groups is 1. The molecular weight excluding hydrogens is 349 g/mol. The molecule has 2 aromatic carbocycles. The van der Waals surface area contributed by atoms with Gasteiger partial charge in [-0.15, -0.1) is 11.3 Å². The molecule has 0 atom stereocenters. The molecule has 0 fully saturated rings. The van der Waals surface area contributed by atoms with E-state index in [4.69, 9.17) is 23.2 Å². The van der Waals surface area contributed by atoms with E-state index in [1.807, 2.05) is 48.7 Å². The topological polar surface area (TPSA) is 37.3 Å². The van der Waals surface area contributed by atoms with Crippen molar-refractivity contribution in [2.45, 2.75) is 6.92 Å². The van der Waals surface area contributed by atoms with Crippen LogP contribution in [-0.4, -0.2) is 10.7 Å². The van der Waals surface area contributed by atoms with Crippen LogP contribution in [0.3, 0.4) is 0 Å². The summed E-state index contributed by atoms with van der Waals surface area (Å²) < 4.78 is 0. The van der Waals surface area contributed by atoms with Crippen LogP contribution in [0.4, 0.5) is 5.13 Å².